The number of benzene rings is 1. The zero-order chi connectivity index (χ0) is 12.6. The Bertz CT molecular complexity index is 468. The minimum atomic E-state index is -0.287. The Morgan fingerprint density at radius 1 is 1.35 bits per heavy atom. The maximum Gasteiger partial charge on any atom is 0.293 e. The second-order valence-electron chi connectivity index (χ2n) is 4.45. The summed E-state index contributed by atoms with van der Waals surface area (Å²) < 4.78 is 0.867. The highest BCUT2D eigenvalue weighted by atomic mass is 79.9. The van der Waals surface area contributed by atoms with E-state index in [0.717, 1.165) is 47.2 Å². The molecule has 0 atom stereocenters. The molecule has 0 N–H and O–H groups in total. The third-order valence-corrected chi connectivity index (χ3v) is 4.31. The van der Waals surface area contributed by atoms with Crippen molar-refractivity contribution in [3.63, 3.8) is 0 Å². The van der Waals surface area contributed by atoms with E-state index in [9.17, 15) is 10.1 Å². The van der Waals surface area contributed by atoms with Crippen molar-refractivity contribution in [3.05, 3.63) is 31.8 Å². The Kier molecular flexibility index (Phi) is 3.38. The molecule has 92 valence electrons. The predicted molar refractivity (Wildman–Crippen MR) is 71.7 cm³/mol. The molecular formula is C12H15BrN2O2. The number of hydrogen-bond acceptors (Lipinski definition) is 3. The molecule has 0 aromatic heterocycles. The normalized spacial score (nSPS) is 15.4. The van der Waals surface area contributed by atoms with Gasteiger partial charge in [-0.3, -0.25) is 10.1 Å². The fraction of sp³-hybridized carbons (Fsp3) is 0.500. The number of anilines is 1. The van der Waals surface area contributed by atoms with Crippen LogP contribution >= 0.6 is 15.9 Å². The van der Waals surface area contributed by atoms with Crippen LogP contribution < -0.4 is 4.90 Å². The monoisotopic (exact) mass is 298 g/mol. The largest absolute Gasteiger partial charge is 0.365 e. The average molecular weight is 299 g/mol. The van der Waals surface area contributed by atoms with Crippen LogP contribution in [0.4, 0.5) is 11.4 Å². The Morgan fingerprint density at radius 2 is 1.94 bits per heavy atom. The second kappa shape index (κ2) is 4.64. The first-order valence-corrected chi connectivity index (χ1v) is 6.50. The van der Waals surface area contributed by atoms with Crippen LogP contribution in [0.15, 0.2) is 10.5 Å². The van der Waals surface area contributed by atoms with E-state index in [4.69, 9.17) is 0 Å². The topological polar surface area (TPSA) is 46.4 Å². The lowest BCUT2D eigenvalue weighted by Gasteiger charge is -2.21. The van der Waals surface area contributed by atoms with Crippen LogP contribution in [0.3, 0.4) is 0 Å². The van der Waals surface area contributed by atoms with Crippen molar-refractivity contribution >= 4 is 27.3 Å². The summed E-state index contributed by atoms with van der Waals surface area (Å²) in [4.78, 5) is 13.0. The van der Waals surface area contributed by atoms with E-state index >= 15 is 0 Å². The molecule has 1 aliphatic heterocycles. The van der Waals surface area contributed by atoms with Gasteiger partial charge in [0.05, 0.1) is 9.40 Å². The number of rotatable bonds is 2. The van der Waals surface area contributed by atoms with E-state index < -0.39 is 0 Å². The second-order valence-corrected chi connectivity index (χ2v) is 5.24. The van der Waals surface area contributed by atoms with Crippen LogP contribution in [0.1, 0.15) is 24.0 Å². The van der Waals surface area contributed by atoms with Gasteiger partial charge >= 0.3 is 0 Å². The maximum atomic E-state index is 11.2. The third-order valence-electron chi connectivity index (χ3n) is 3.34. The van der Waals surface area contributed by atoms with Gasteiger partial charge in [0.25, 0.3) is 5.69 Å². The Balaban J connectivity index is 2.61. The van der Waals surface area contributed by atoms with E-state index in [1.807, 2.05) is 13.8 Å². The van der Waals surface area contributed by atoms with E-state index in [-0.39, 0.29) is 10.6 Å². The number of nitro groups is 1. The minimum absolute atomic E-state index is 0.210. The van der Waals surface area contributed by atoms with E-state index in [1.165, 1.54) is 0 Å². The molecule has 0 spiro atoms. The van der Waals surface area contributed by atoms with Crippen molar-refractivity contribution in [3.8, 4) is 0 Å². The van der Waals surface area contributed by atoms with Crippen LogP contribution in [0.25, 0.3) is 0 Å². The molecule has 0 aliphatic carbocycles. The van der Waals surface area contributed by atoms with Crippen molar-refractivity contribution in [2.24, 2.45) is 0 Å². The summed E-state index contributed by atoms with van der Waals surface area (Å²) in [7, 11) is 0. The molecule has 2 rings (SSSR count). The van der Waals surface area contributed by atoms with Crippen molar-refractivity contribution in [1.82, 2.24) is 0 Å². The number of nitro benzene ring substituents is 1. The van der Waals surface area contributed by atoms with Crippen molar-refractivity contribution in [2.75, 3.05) is 18.0 Å². The summed E-state index contributed by atoms with van der Waals surface area (Å²) in [6.07, 6.45) is 2.22. The molecule has 0 bridgehead atoms. The summed E-state index contributed by atoms with van der Waals surface area (Å²) in [5.41, 5.74) is 2.99. The number of halogens is 1. The van der Waals surface area contributed by atoms with E-state index in [2.05, 4.69) is 20.8 Å². The van der Waals surface area contributed by atoms with Gasteiger partial charge in [0, 0.05) is 19.2 Å². The molecule has 1 saturated heterocycles. The predicted octanol–water partition coefficient (Wildman–Crippen LogP) is 3.57. The fourth-order valence-electron chi connectivity index (χ4n) is 2.23. The van der Waals surface area contributed by atoms with Crippen molar-refractivity contribution < 1.29 is 4.92 Å². The van der Waals surface area contributed by atoms with Crippen LogP contribution in [0, 0.1) is 24.0 Å². The first-order valence-electron chi connectivity index (χ1n) is 5.71. The van der Waals surface area contributed by atoms with Gasteiger partial charge in [0.1, 0.15) is 5.69 Å². The van der Waals surface area contributed by atoms with Gasteiger partial charge in [0.15, 0.2) is 0 Å². The van der Waals surface area contributed by atoms with E-state index in [0.29, 0.717) is 0 Å². The van der Waals surface area contributed by atoms with Gasteiger partial charge in [-0.05, 0) is 53.7 Å². The lowest BCUT2D eigenvalue weighted by atomic mass is 10.1. The lowest BCUT2D eigenvalue weighted by molar-refractivity contribution is -0.384. The number of hydrogen-bond donors (Lipinski definition) is 0. The summed E-state index contributed by atoms with van der Waals surface area (Å²) in [5, 5.41) is 11.2. The summed E-state index contributed by atoms with van der Waals surface area (Å²) >= 11 is 3.51. The lowest BCUT2D eigenvalue weighted by Crippen LogP contribution is -2.20. The number of aryl methyl sites for hydroxylation is 1. The van der Waals surface area contributed by atoms with Crippen molar-refractivity contribution in [2.45, 2.75) is 26.7 Å². The molecule has 0 radical (unpaired) electrons. The van der Waals surface area contributed by atoms with E-state index in [1.54, 1.807) is 6.07 Å². The zero-order valence-electron chi connectivity index (χ0n) is 9.99. The smallest absolute Gasteiger partial charge is 0.293 e. The summed E-state index contributed by atoms with van der Waals surface area (Å²) in [6.45, 7) is 5.70. The molecule has 1 aliphatic rings. The molecule has 1 fully saturated rings. The molecule has 5 heteroatoms. The third kappa shape index (κ3) is 2.16. The van der Waals surface area contributed by atoms with Gasteiger partial charge < -0.3 is 4.90 Å². The van der Waals surface area contributed by atoms with Gasteiger partial charge in [-0.1, -0.05) is 0 Å². The molecule has 1 aromatic carbocycles. The SMILES string of the molecule is Cc1cc([N+](=O)[O-])c(N2CCCC2)c(Br)c1C. The van der Waals surface area contributed by atoms with Crippen LogP contribution in [0.2, 0.25) is 0 Å². The molecule has 4 nitrogen and oxygen atoms in total. The molecule has 1 heterocycles. The van der Waals surface area contributed by atoms with Gasteiger partial charge in [-0.15, -0.1) is 0 Å². The number of nitrogens with zero attached hydrogens (tertiary/aromatic N) is 2. The Labute approximate surface area is 109 Å². The van der Waals surface area contributed by atoms with Gasteiger partial charge in [0.2, 0.25) is 0 Å². The first kappa shape index (κ1) is 12.4. The van der Waals surface area contributed by atoms with Crippen LogP contribution in [0.5, 0.6) is 0 Å². The highest BCUT2D eigenvalue weighted by Crippen LogP contribution is 2.40. The quantitative estimate of drug-likeness (QED) is 0.619. The van der Waals surface area contributed by atoms with Crippen LogP contribution in [-0.4, -0.2) is 18.0 Å². The molecule has 0 amide bonds. The molecule has 17 heavy (non-hydrogen) atoms. The highest BCUT2D eigenvalue weighted by molar-refractivity contribution is 9.10. The Morgan fingerprint density at radius 3 is 2.47 bits per heavy atom. The van der Waals surface area contributed by atoms with Crippen LogP contribution in [-0.2, 0) is 0 Å². The average Bonchev–Trinajstić information content (AvgIpc) is 2.78. The highest BCUT2D eigenvalue weighted by Gasteiger charge is 2.26. The maximum absolute atomic E-state index is 11.2. The standard InChI is InChI=1S/C12H15BrN2O2/c1-8-7-10(15(16)17)12(11(13)9(8)2)14-5-3-4-6-14/h7H,3-6H2,1-2H3. The molecule has 0 unspecified atom stereocenters. The summed E-state index contributed by atoms with van der Waals surface area (Å²) in [5.74, 6) is 0. The first-order chi connectivity index (χ1) is 8.02. The summed E-state index contributed by atoms with van der Waals surface area (Å²) in [6, 6.07) is 1.67. The minimum Gasteiger partial charge on any atom is -0.365 e. The van der Waals surface area contributed by atoms with Gasteiger partial charge in [-0.2, -0.15) is 0 Å². The zero-order valence-corrected chi connectivity index (χ0v) is 11.6. The van der Waals surface area contributed by atoms with Crippen molar-refractivity contribution in [1.29, 1.82) is 0 Å². The Hall–Kier alpha value is -1.10. The molecule has 1 aromatic rings. The molecule has 0 saturated carbocycles. The fourth-order valence-corrected chi connectivity index (χ4v) is 2.99. The van der Waals surface area contributed by atoms with Gasteiger partial charge in [-0.25, -0.2) is 0 Å². The molecular weight excluding hydrogens is 284 g/mol.